The van der Waals surface area contributed by atoms with E-state index in [1.54, 1.807) is 0 Å². The first-order chi connectivity index (χ1) is 7.40. The van der Waals surface area contributed by atoms with Gasteiger partial charge in [-0.1, -0.05) is 13.8 Å². The van der Waals surface area contributed by atoms with Crippen LogP contribution in [0.1, 0.15) is 33.1 Å². The Morgan fingerprint density at radius 1 is 1.50 bits per heavy atom. The molecule has 1 aliphatic rings. The summed E-state index contributed by atoms with van der Waals surface area (Å²) >= 11 is 0. The Balaban J connectivity index is 2.89. The number of carbonyl (C=O) groups excluding carboxylic acids is 1. The summed E-state index contributed by atoms with van der Waals surface area (Å²) in [6.07, 6.45) is 1.91. The van der Waals surface area contributed by atoms with Gasteiger partial charge in [0.15, 0.2) is 0 Å². The van der Waals surface area contributed by atoms with Crippen LogP contribution < -0.4 is 5.73 Å². The Morgan fingerprint density at radius 2 is 2.12 bits per heavy atom. The van der Waals surface area contributed by atoms with Gasteiger partial charge in [-0.05, 0) is 18.3 Å². The van der Waals surface area contributed by atoms with Crippen LogP contribution in [0.2, 0.25) is 0 Å². The second-order valence-corrected chi connectivity index (χ2v) is 4.96. The van der Waals surface area contributed by atoms with Gasteiger partial charge in [0.25, 0.3) is 0 Å². The van der Waals surface area contributed by atoms with E-state index >= 15 is 0 Å². The van der Waals surface area contributed by atoms with E-state index < -0.39 is 12.0 Å². The standard InChI is InChI=1S/C11H20N2O3/c1-11(2)5-3-7-13(8(14)4-6-12)9(11)10(15)16/h9H,3-7,12H2,1-2H3,(H,15,16). The van der Waals surface area contributed by atoms with Crippen molar-refractivity contribution < 1.29 is 14.7 Å². The first kappa shape index (κ1) is 13.0. The largest absolute Gasteiger partial charge is 0.480 e. The zero-order valence-corrected chi connectivity index (χ0v) is 9.90. The minimum atomic E-state index is -0.921. The summed E-state index contributed by atoms with van der Waals surface area (Å²) in [4.78, 5) is 24.5. The van der Waals surface area contributed by atoms with Gasteiger partial charge in [-0.2, -0.15) is 0 Å². The molecule has 1 unspecified atom stereocenters. The molecule has 1 fully saturated rings. The number of aliphatic carboxylic acids is 1. The molecular formula is C11H20N2O3. The summed E-state index contributed by atoms with van der Waals surface area (Å²) in [5, 5.41) is 9.24. The predicted octanol–water partition coefficient (Wildman–Crippen LogP) is 0.437. The fourth-order valence-corrected chi connectivity index (χ4v) is 2.40. The zero-order valence-electron chi connectivity index (χ0n) is 9.90. The summed E-state index contributed by atoms with van der Waals surface area (Å²) in [6, 6.07) is -0.722. The highest BCUT2D eigenvalue weighted by molar-refractivity contribution is 5.84. The van der Waals surface area contributed by atoms with Crippen molar-refractivity contribution in [3.8, 4) is 0 Å². The molecule has 0 saturated carbocycles. The van der Waals surface area contributed by atoms with Crippen molar-refractivity contribution in [1.82, 2.24) is 4.90 Å². The molecule has 0 aromatic rings. The van der Waals surface area contributed by atoms with E-state index in [1.807, 2.05) is 13.8 Å². The Bertz CT molecular complexity index is 289. The van der Waals surface area contributed by atoms with Crippen LogP contribution in [0, 0.1) is 5.41 Å². The van der Waals surface area contributed by atoms with E-state index in [0.717, 1.165) is 12.8 Å². The van der Waals surface area contributed by atoms with E-state index in [4.69, 9.17) is 5.73 Å². The topological polar surface area (TPSA) is 83.6 Å². The number of nitrogens with zero attached hydrogens (tertiary/aromatic N) is 1. The molecule has 92 valence electrons. The highest BCUT2D eigenvalue weighted by atomic mass is 16.4. The molecule has 0 radical (unpaired) electrons. The van der Waals surface area contributed by atoms with Gasteiger partial charge in [-0.25, -0.2) is 4.79 Å². The number of nitrogens with two attached hydrogens (primary N) is 1. The number of piperidine rings is 1. The number of carboxylic acids is 1. The van der Waals surface area contributed by atoms with E-state index in [-0.39, 0.29) is 24.3 Å². The molecule has 16 heavy (non-hydrogen) atoms. The van der Waals surface area contributed by atoms with E-state index in [9.17, 15) is 14.7 Å². The molecule has 1 aliphatic heterocycles. The van der Waals surface area contributed by atoms with Gasteiger partial charge in [0.2, 0.25) is 5.91 Å². The molecule has 5 nitrogen and oxygen atoms in total. The molecule has 0 spiro atoms. The second-order valence-electron chi connectivity index (χ2n) is 4.96. The van der Waals surface area contributed by atoms with Gasteiger partial charge < -0.3 is 15.7 Å². The zero-order chi connectivity index (χ0) is 12.3. The maximum absolute atomic E-state index is 11.8. The third-order valence-corrected chi connectivity index (χ3v) is 3.18. The summed E-state index contributed by atoms with van der Waals surface area (Å²) in [6.45, 7) is 4.59. The van der Waals surface area contributed by atoms with Crippen LogP contribution in [0.4, 0.5) is 0 Å². The Morgan fingerprint density at radius 3 is 2.62 bits per heavy atom. The molecular weight excluding hydrogens is 208 g/mol. The first-order valence-electron chi connectivity index (χ1n) is 5.62. The molecule has 0 aromatic heterocycles. The molecule has 1 amide bonds. The summed E-state index contributed by atoms with van der Waals surface area (Å²) in [5.74, 6) is -1.07. The lowest BCUT2D eigenvalue weighted by atomic mass is 9.76. The average Bonchev–Trinajstić information content (AvgIpc) is 2.15. The lowest BCUT2D eigenvalue weighted by molar-refractivity contribution is -0.158. The molecule has 5 heteroatoms. The maximum atomic E-state index is 11.8. The molecule has 1 heterocycles. The summed E-state index contributed by atoms with van der Waals surface area (Å²) in [7, 11) is 0. The molecule has 1 saturated heterocycles. The minimum absolute atomic E-state index is 0.150. The second kappa shape index (κ2) is 4.82. The van der Waals surface area contributed by atoms with Crippen molar-refractivity contribution in [2.75, 3.05) is 13.1 Å². The monoisotopic (exact) mass is 228 g/mol. The number of hydrogen-bond acceptors (Lipinski definition) is 3. The highest BCUT2D eigenvalue weighted by Gasteiger charge is 2.44. The third-order valence-electron chi connectivity index (χ3n) is 3.18. The number of amides is 1. The summed E-state index contributed by atoms with van der Waals surface area (Å²) < 4.78 is 0. The molecule has 0 aromatic carbocycles. The molecule has 3 N–H and O–H groups in total. The van der Waals surface area contributed by atoms with Crippen LogP contribution in [-0.2, 0) is 9.59 Å². The SMILES string of the molecule is CC1(C)CCCN(C(=O)CCN)C1C(=O)O. The van der Waals surface area contributed by atoms with Crippen LogP contribution >= 0.6 is 0 Å². The number of rotatable bonds is 3. The van der Waals surface area contributed by atoms with Crippen LogP contribution in [-0.4, -0.2) is 41.0 Å². The van der Waals surface area contributed by atoms with Crippen molar-refractivity contribution in [2.24, 2.45) is 11.1 Å². The van der Waals surface area contributed by atoms with Crippen molar-refractivity contribution in [3.05, 3.63) is 0 Å². The lowest BCUT2D eigenvalue weighted by Gasteiger charge is -2.44. The Labute approximate surface area is 95.6 Å². The van der Waals surface area contributed by atoms with Crippen LogP contribution in [0.3, 0.4) is 0 Å². The average molecular weight is 228 g/mol. The van der Waals surface area contributed by atoms with E-state index in [0.29, 0.717) is 6.54 Å². The highest BCUT2D eigenvalue weighted by Crippen LogP contribution is 2.35. The maximum Gasteiger partial charge on any atom is 0.326 e. The number of hydrogen-bond donors (Lipinski definition) is 2. The van der Waals surface area contributed by atoms with Gasteiger partial charge in [0.05, 0.1) is 0 Å². The van der Waals surface area contributed by atoms with E-state index in [1.165, 1.54) is 4.90 Å². The number of likely N-dealkylation sites (tertiary alicyclic amines) is 1. The van der Waals surface area contributed by atoms with Crippen molar-refractivity contribution >= 4 is 11.9 Å². The van der Waals surface area contributed by atoms with Crippen LogP contribution in [0.25, 0.3) is 0 Å². The molecule has 1 atom stereocenters. The van der Waals surface area contributed by atoms with Gasteiger partial charge in [0, 0.05) is 19.5 Å². The van der Waals surface area contributed by atoms with Crippen molar-refractivity contribution in [3.63, 3.8) is 0 Å². The fraction of sp³-hybridized carbons (Fsp3) is 0.818. The Hall–Kier alpha value is -1.10. The number of carboxylic acid groups (broad SMARTS) is 1. The summed E-state index contributed by atoms with van der Waals surface area (Å²) in [5.41, 5.74) is 4.96. The molecule has 0 aliphatic carbocycles. The van der Waals surface area contributed by atoms with Gasteiger partial charge >= 0.3 is 5.97 Å². The molecule has 1 rings (SSSR count). The first-order valence-corrected chi connectivity index (χ1v) is 5.62. The fourth-order valence-electron chi connectivity index (χ4n) is 2.40. The van der Waals surface area contributed by atoms with Crippen LogP contribution in [0.5, 0.6) is 0 Å². The van der Waals surface area contributed by atoms with Gasteiger partial charge in [-0.15, -0.1) is 0 Å². The number of carbonyl (C=O) groups is 2. The quantitative estimate of drug-likeness (QED) is 0.734. The predicted molar refractivity (Wildman–Crippen MR) is 59.8 cm³/mol. The van der Waals surface area contributed by atoms with Gasteiger partial charge in [0.1, 0.15) is 6.04 Å². The third kappa shape index (κ3) is 2.52. The lowest BCUT2D eigenvalue weighted by Crippen LogP contribution is -2.56. The Kier molecular flexibility index (Phi) is 3.91. The molecule has 0 bridgehead atoms. The minimum Gasteiger partial charge on any atom is -0.480 e. The van der Waals surface area contributed by atoms with Crippen molar-refractivity contribution in [1.29, 1.82) is 0 Å². The van der Waals surface area contributed by atoms with E-state index in [2.05, 4.69) is 0 Å². The normalized spacial score (nSPS) is 24.2. The smallest absolute Gasteiger partial charge is 0.326 e. The van der Waals surface area contributed by atoms with Crippen molar-refractivity contribution in [2.45, 2.75) is 39.2 Å². The van der Waals surface area contributed by atoms with Gasteiger partial charge in [-0.3, -0.25) is 4.79 Å². The van der Waals surface area contributed by atoms with Crippen LogP contribution in [0.15, 0.2) is 0 Å².